The van der Waals surface area contributed by atoms with Gasteiger partial charge in [0.25, 0.3) is 0 Å². The number of hydrogen-bond acceptors (Lipinski definition) is 10. The monoisotopic (exact) mass is 377 g/mol. The van der Waals surface area contributed by atoms with E-state index in [-0.39, 0.29) is 17.2 Å². The predicted octanol–water partition coefficient (Wildman–Crippen LogP) is -2.36. The molecule has 0 spiro atoms. The first-order valence-electron chi connectivity index (χ1n) is 6.90. The number of fused-ring (bicyclic) bond motifs is 1. The topological polar surface area (TPSA) is 219 Å². The third-order valence-electron chi connectivity index (χ3n) is 3.68. The van der Waals surface area contributed by atoms with Crippen LogP contribution in [0.1, 0.15) is 6.23 Å². The smallest absolute Gasteiger partial charge is 0.387 e. The van der Waals surface area contributed by atoms with Gasteiger partial charge in [-0.25, -0.2) is 14.5 Å². The average Bonchev–Trinajstić information content (AvgIpc) is 3.00. The number of rotatable bonds is 4. The molecule has 25 heavy (non-hydrogen) atoms. The number of imidazole rings is 1. The highest BCUT2D eigenvalue weighted by atomic mass is 31.2. The lowest BCUT2D eigenvalue weighted by Gasteiger charge is -2.21. The fraction of sp³-hybridized carbons (Fsp3) is 0.455. The van der Waals surface area contributed by atoms with E-state index >= 15 is 0 Å². The molecule has 1 aliphatic rings. The molecule has 2 aromatic heterocycles. The van der Waals surface area contributed by atoms with Gasteiger partial charge in [-0.05, 0) is 0 Å². The van der Waals surface area contributed by atoms with Crippen molar-refractivity contribution in [2.24, 2.45) is 0 Å². The molecule has 1 fully saturated rings. The van der Waals surface area contributed by atoms with Gasteiger partial charge in [-0.1, -0.05) is 0 Å². The average molecular weight is 377 g/mol. The Labute approximate surface area is 139 Å². The minimum absolute atomic E-state index is 0.0446. The van der Waals surface area contributed by atoms with Crippen molar-refractivity contribution in [1.29, 1.82) is 0 Å². The largest absolute Gasteiger partial charge is 0.472 e. The molecule has 0 bridgehead atoms. The minimum Gasteiger partial charge on any atom is -0.387 e. The molecule has 2 aromatic rings. The maximum absolute atomic E-state index is 10.8. The fourth-order valence-electron chi connectivity index (χ4n) is 2.63. The third kappa shape index (κ3) is 3.31. The molecule has 3 heterocycles. The Balaban J connectivity index is 1.93. The molecule has 3 rings (SSSR count). The number of nitrogens with zero attached hydrogens (tertiary/aromatic N) is 3. The number of nitrogen functional groups attached to an aromatic ring is 2. The van der Waals surface area contributed by atoms with Crippen LogP contribution in [0.25, 0.3) is 11.0 Å². The van der Waals surface area contributed by atoms with Crippen molar-refractivity contribution in [2.75, 3.05) is 11.5 Å². The first-order valence-corrected chi connectivity index (χ1v) is 8.43. The lowest BCUT2D eigenvalue weighted by atomic mass is 10.1. The first-order chi connectivity index (χ1) is 11.6. The van der Waals surface area contributed by atoms with Crippen LogP contribution in [0.5, 0.6) is 0 Å². The molecule has 1 aliphatic heterocycles. The van der Waals surface area contributed by atoms with Crippen LogP contribution in [0.3, 0.4) is 0 Å². The molecule has 0 aliphatic carbocycles. The van der Waals surface area contributed by atoms with E-state index in [1.807, 2.05) is 0 Å². The van der Waals surface area contributed by atoms with Crippen LogP contribution < -0.4 is 11.5 Å². The van der Waals surface area contributed by atoms with E-state index in [9.17, 15) is 19.9 Å². The summed E-state index contributed by atoms with van der Waals surface area (Å²) in [5.41, 5.74) is 11.9. The van der Waals surface area contributed by atoms with Crippen LogP contribution in [-0.4, -0.2) is 64.2 Å². The molecule has 0 amide bonds. The van der Waals surface area contributed by atoms with Gasteiger partial charge in [-0.2, -0.15) is 0 Å². The Morgan fingerprint density at radius 1 is 1.32 bits per heavy atom. The summed E-state index contributed by atoms with van der Waals surface area (Å²) < 4.78 is 21.5. The number of aliphatic hydroxyl groups is 3. The maximum atomic E-state index is 10.8. The zero-order valence-electron chi connectivity index (χ0n) is 12.4. The number of hydrogen-bond donors (Lipinski definition) is 7. The summed E-state index contributed by atoms with van der Waals surface area (Å²) in [7, 11) is -5.04. The molecular formula is C11H16N5O8P. The van der Waals surface area contributed by atoms with Gasteiger partial charge in [-0.15, -0.1) is 0 Å². The van der Waals surface area contributed by atoms with E-state index in [0.29, 0.717) is 5.52 Å². The van der Waals surface area contributed by atoms with Gasteiger partial charge >= 0.3 is 7.82 Å². The molecule has 0 aromatic carbocycles. The number of nitrogens with two attached hydrogens (primary N) is 2. The van der Waals surface area contributed by atoms with Crippen molar-refractivity contribution in [3.05, 3.63) is 12.4 Å². The van der Waals surface area contributed by atoms with E-state index in [4.69, 9.17) is 26.0 Å². The highest BCUT2D eigenvalue weighted by molar-refractivity contribution is 7.46. The Morgan fingerprint density at radius 3 is 2.64 bits per heavy atom. The van der Waals surface area contributed by atoms with Crippen LogP contribution in [0, 0.1) is 0 Å². The van der Waals surface area contributed by atoms with Gasteiger partial charge in [0.1, 0.15) is 29.6 Å². The SMILES string of the molecule is Nc1cc2c(ncn2[C@@H]2O[C@H](C(O)OP(=O)(O)O)[C@@H](O)[C@@H]2O)c(N)n1. The number of aromatic nitrogens is 3. The number of phosphoric acid groups is 1. The number of ether oxygens (including phenoxy) is 1. The van der Waals surface area contributed by atoms with E-state index in [2.05, 4.69) is 14.5 Å². The van der Waals surface area contributed by atoms with Crippen LogP contribution in [-0.2, 0) is 13.8 Å². The molecule has 13 nitrogen and oxygen atoms in total. The van der Waals surface area contributed by atoms with Crippen molar-refractivity contribution >= 4 is 30.5 Å². The summed E-state index contributed by atoms with van der Waals surface area (Å²) in [6, 6.07) is 1.41. The van der Waals surface area contributed by atoms with E-state index < -0.39 is 38.7 Å². The Morgan fingerprint density at radius 2 is 2.00 bits per heavy atom. The summed E-state index contributed by atoms with van der Waals surface area (Å²) in [5.74, 6) is 0.129. The molecule has 5 atom stereocenters. The summed E-state index contributed by atoms with van der Waals surface area (Å²) in [5, 5.41) is 29.9. The van der Waals surface area contributed by atoms with Crippen LogP contribution in [0.4, 0.5) is 11.6 Å². The molecule has 138 valence electrons. The second kappa shape index (κ2) is 6.16. The Bertz CT molecular complexity index is 839. The van der Waals surface area contributed by atoms with Crippen LogP contribution >= 0.6 is 7.82 Å². The zero-order chi connectivity index (χ0) is 18.5. The van der Waals surface area contributed by atoms with Crippen molar-refractivity contribution in [2.45, 2.75) is 30.8 Å². The van der Waals surface area contributed by atoms with Gasteiger partial charge < -0.3 is 45.9 Å². The third-order valence-corrected chi connectivity index (χ3v) is 4.18. The van der Waals surface area contributed by atoms with Gasteiger partial charge in [0.2, 0.25) is 0 Å². The molecule has 14 heteroatoms. The van der Waals surface area contributed by atoms with Crippen molar-refractivity contribution in [1.82, 2.24) is 14.5 Å². The van der Waals surface area contributed by atoms with Gasteiger partial charge in [0.05, 0.1) is 11.8 Å². The summed E-state index contributed by atoms with van der Waals surface area (Å²) in [6.45, 7) is 0. The lowest BCUT2D eigenvalue weighted by Crippen LogP contribution is -2.39. The normalized spacial score (nSPS) is 28.5. The molecule has 0 saturated carbocycles. The van der Waals surface area contributed by atoms with Crippen molar-refractivity contribution < 1.29 is 38.9 Å². The van der Waals surface area contributed by atoms with Gasteiger partial charge in [-0.3, -0.25) is 4.52 Å². The number of phosphoric ester groups is 1. The summed E-state index contributed by atoms with van der Waals surface area (Å²) in [6.07, 6.45) is -7.06. The van der Waals surface area contributed by atoms with Gasteiger partial charge in [0.15, 0.2) is 18.3 Å². The summed E-state index contributed by atoms with van der Waals surface area (Å²) >= 11 is 0. The lowest BCUT2D eigenvalue weighted by molar-refractivity contribution is -0.160. The van der Waals surface area contributed by atoms with Crippen molar-refractivity contribution in [3.63, 3.8) is 0 Å². The number of pyridine rings is 1. The molecule has 1 saturated heterocycles. The van der Waals surface area contributed by atoms with E-state index in [1.54, 1.807) is 0 Å². The second-order valence-electron chi connectivity index (χ2n) is 5.41. The number of anilines is 2. The molecule has 9 N–H and O–H groups in total. The predicted molar refractivity (Wildman–Crippen MR) is 81.4 cm³/mol. The molecule has 1 unspecified atom stereocenters. The minimum atomic E-state index is -5.04. The Kier molecular flexibility index (Phi) is 4.43. The number of aliphatic hydroxyl groups excluding tert-OH is 3. The van der Waals surface area contributed by atoms with Crippen molar-refractivity contribution in [3.8, 4) is 0 Å². The molecule has 0 radical (unpaired) electrons. The first kappa shape index (κ1) is 18.0. The fourth-order valence-corrected chi connectivity index (χ4v) is 3.03. The maximum Gasteiger partial charge on any atom is 0.472 e. The molecular weight excluding hydrogens is 361 g/mol. The highest BCUT2D eigenvalue weighted by Crippen LogP contribution is 2.41. The van der Waals surface area contributed by atoms with E-state index in [1.165, 1.54) is 17.0 Å². The highest BCUT2D eigenvalue weighted by Gasteiger charge is 2.49. The second-order valence-corrected chi connectivity index (χ2v) is 6.60. The standard InChI is InChI=1S/C11H16N5O8P/c12-4-1-3-5(9(13)15-4)14-2-16(3)10-7(18)6(17)8(23-10)11(19)24-25(20,21)22/h1-2,6-8,10-11,17-19H,(H4,12,13,15)(H2,20,21,22)/t6-,7-,8-,10+,11?/m0/s1. The summed E-state index contributed by atoms with van der Waals surface area (Å²) in [4.78, 5) is 25.3. The van der Waals surface area contributed by atoms with E-state index in [0.717, 1.165) is 0 Å². The zero-order valence-corrected chi connectivity index (χ0v) is 13.3. The quantitative estimate of drug-likeness (QED) is 0.220. The van der Waals surface area contributed by atoms with Crippen LogP contribution in [0.15, 0.2) is 12.4 Å². The van der Waals surface area contributed by atoms with Gasteiger partial charge in [0, 0.05) is 6.07 Å². The Hall–Kier alpha value is -1.83. The van der Waals surface area contributed by atoms with Crippen LogP contribution in [0.2, 0.25) is 0 Å².